The number of nitrogens with two attached hydrogens (primary N) is 1. The second-order valence-corrected chi connectivity index (χ2v) is 5.65. The first-order chi connectivity index (χ1) is 8.09. The Bertz CT molecular complexity index is 363. The topological polar surface area (TPSA) is 56.7 Å². The molecule has 1 heterocycles. The van der Waals surface area contributed by atoms with Crippen LogP contribution in [0.15, 0.2) is 0 Å². The summed E-state index contributed by atoms with van der Waals surface area (Å²) in [6.45, 7) is 6.43. The molecule has 1 aromatic heterocycles. The van der Waals surface area contributed by atoms with Crippen LogP contribution in [-0.2, 0) is 0 Å². The van der Waals surface area contributed by atoms with Crippen molar-refractivity contribution < 1.29 is 0 Å². The summed E-state index contributed by atoms with van der Waals surface area (Å²) in [4.78, 5) is 0. The average Bonchev–Trinajstić information content (AvgIpc) is 2.84. The Hall–Kier alpha value is -0.900. The third-order valence-electron chi connectivity index (χ3n) is 3.64. The summed E-state index contributed by atoms with van der Waals surface area (Å²) >= 11 is 0. The molecule has 1 fully saturated rings. The quantitative estimate of drug-likeness (QED) is 0.874. The average molecular weight is 236 g/mol. The van der Waals surface area contributed by atoms with Crippen molar-refractivity contribution in [2.24, 2.45) is 11.7 Å². The predicted octanol–water partition coefficient (Wildman–Crippen LogP) is 2.75. The van der Waals surface area contributed by atoms with Gasteiger partial charge in [-0.25, -0.2) is 0 Å². The molecule has 1 aromatic rings. The van der Waals surface area contributed by atoms with Crippen molar-refractivity contribution in [2.45, 2.75) is 65.0 Å². The van der Waals surface area contributed by atoms with Crippen molar-refractivity contribution in [2.75, 3.05) is 0 Å². The summed E-state index contributed by atoms with van der Waals surface area (Å²) < 4.78 is 2.29. The van der Waals surface area contributed by atoms with Gasteiger partial charge in [0.15, 0.2) is 0 Å². The van der Waals surface area contributed by atoms with Crippen molar-refractivity contribution in [1.29, 1.82) is 0 Å². The van der Waals surface area contributed by atoms with Gasteiger partial charge in [0.2, 0.25) is 0 Å². The van der Waals surface area contributed by atoms with Crippen molar-refractivity contribution in [3.8, 4) is 0 Å². The van der Waals surface area contributed by atoms with E-state index in [1.165, 1.54) is 25.7 Å². The first-order valence-corrected chi connectivity index (χ1v) is 6.76. The SMILES string of the molecule is Cc1nnc([C@H](N)CC(C)C)n1C1CCCC1. The van der Waals surface area contributed by atoms with E-state index < -0.39 is 0 Å². The fourth-order valence-corrected chi connectivity index (χ4v) is 2.87. The van der Waals surface area contributed by atoms with E-state index in [4.69, 9.17) is 5.73 Å². The molecule has 0 unspecified atom stereocenters. The van der Waals surface area contributed by atoms with E-state index in [0.29, 0.717) is 12.0 Å². The van der Waals surface area contributed by atoms with Crippen LogP contribution in [0.3, 0.4) is 0 Å². The Morgan fingerprint density at radius 3 is 2.53 bits per heavy atom. The van der Waals surface area contributed by atoms with E-state index >= 15 is 0 Å². The number of hydrogen-bond acceptors (Lipinski definition) is 3. The fraction of sp³-hybridized carbons (Fsp3) is 0.846. The fourth-order valence-electron chi connectivity index (χ4n) is 2.87. The number of aromatic nitrogens is 3. The van der Waals surface area contributed by atoms with Gasteiger partial charge in [-0.3, -0.25) is 0 Å². The monoisotopic (exact) mass is 236 g/mol. The highest BCUT2D eigenvalue weighted by molar-refractivity contribution is 5.03. The molecule has 0 spiro atoms. The molecule has 2 N–H and O–H groups in total. The number of aryl methyl sites for hydroxylation is 1. The van der Waals surface area contributed by atoms with E-state index in [-0.39, 0.29) is 6.04 Å². The zero-order chi connectivity index (χ0) is 12.4. The highest BCUT2D eigenvalue weighted by Gasteiger charge is 2.25. The Morgan fingerprint density at radius 2 is 1.94 bits per heavy atom. The minimum atomic E-state index is 0.0248. The van der Waals surface area contributed by atoms with Crippen LogP contribution in [0.25, 0.3) is 0 Å². The minimum absolute atomic E-state index is 0.0248. The van der Waals surface area contributed by atoms with Crippen LogP contribution >= 0.6 is 0 Å². The van der Waals surface area contributed by atoms with Crippen molar-refractivity contribution in [3.63, 3.8) is 0 Å². The van der Waals surface area contributed by atoms with Crippen LogP contribution in [0.2, 0.25) is 0 Å². The van der Waals surface area contributed by atoms with Gasteiger partial charge in [0.25, 0.3) is 0 Å². The summed E-state index contributed by atoms with van der Waals surface area (Å²) in [5.74, 6) is 2.60. The van der Waals surface area contributed by atoms with Gasteiger partial charge in [-0.1, -0.05) is 26.7 Å². The van der Waals surface area contributed by atoms with Gasteiger partial charge in [-0.2, -0.15) is 0 Å². The van der Waals surface area contributed by atoms with E-state index in [0.717, 1.165) is 18.1 Å². The Kier molecular flexibility index (Phi) is 3.82. The molecule has 0 radical (unpaired) electrons. The Balaban J connectivity index is 2.21. The zero-order valence-electron chi connectivity index (χ0n) is 11.2. The van der Waals surface area contributed by atoms with Crippen LogP contribution in [0.5, 0.6) is 0 Å². The summed E-state index contributed by atoms with van der Waals surface area (Å²) in [7, 11) is 0. The highest BCUT2D eigenvalue weighted by atomic mass is 15.3. The third-order valence-corrected chi connectivity index (χ3v) is 3.64. The summed E-state index contributed by atoms with van der Waals surface area (Å²) in [6, 6.07) is 0.606. The van der Waals surface area contributed by atoms with Gasteiger partial charge in [0.05, 0.1) is 6.04 Å². The zero-order valence-corrected chi connectivity index (χ0v) is 11.2. The second-order valence-electron chi connectivity index (χ2n) is 5.65. The molecule has 4 nitrogen and oxygen atoms in total. The maximum Gasteiger partial charge on any atom is 0.150 e. The molecule has 0 bridgehead atoms. The van der Waals surface area contributed by atoms with Crippen LogP contribution in [-0.4, -0.2) is 14.8 Å². The summed E-state index contributed by atoms with van der Waals surface area (Å²) in [6.07, 6.45) is 6.12. The maximum absolute atomic E-state index is 6.25. The van der Waals surface area contributed by atoms with Crippen LogP contribution in [0.4, 0.5) is 0 Å². The maximum atomic E-state index is 6.25. The number of nitrogens with zero attached hydrogens (tertiary/aromatic N) is 3. The van der Waals surface area contributed by atoms with E-state index in [1.54, 1.807) is 0 Å². The lowest BCUT2D eigenvalue weighted by Crippen LogP contribution is -2.21. The molecule has 0 aliphatic heterocycles. The standard InChI is InChI=1S/C13H24N4/c1-9(2)8-12(14)13-16-15-10(3)17(13)11-6-4-5-7-11/h9,11-12H,4-8,14H2,1-3H3/t12-/m1/s1. The minimum Gasteiger partial charge on any atom is -0.321 e. The lowest BCUT2D eigenvalue weighted by Gasteiger charge is -2.20. The third kappa shape index (κ3) is 2.68. The molecular weight excluding hydrogens is 212 g/mol. The van der Waals surface area contributed by atoms with Gasteiger partial charge >= 0.3 is 0 Å². The summed E-state index contributed by atoms with van der Waals surface area (Å²) in [5, 5.41) is 8.52. The summed E-state index contributed by atoms with van der Waals surface area (Å²) in [5.41, 5.74) is 6.25. The lowest BCUT2D eigenvalue weighted by atomic mass is 10.0. The first-order valence-electron chi connectivity index (χ1n) is 6.76. The van der Waals surface area contributed by atoms with E-state index in [1.807, 2.05) is 6.92 Å². The van der Waals surface area contributed by atoms with Crippen LogP contribution in [0.1, 0.15) is 69.7 Å². The molecule has 2 rings (SSSR count). The first kappa shape index (κ1) is 12.6. The predicted molar refractivity (Wildman–Crippen MR) is 68.6 cm³/mol. The van der Waals surface area contributed by atoms with E-state index in [2.05, 4.69) is 28.6 Å². The molecule has 4 heteroatoms. The van der Waals surface area contributed by atoms with Gasteiger partial charge in [0, 0.05) is 6.04 Å². The molecule has 1 aliphatic carbocycles. The van der Waals surface area contributed by atoms with E-state index in [9.17, 15) is 0 Å². The Morgan fingerprint density at radius 1 is 1.29 bits per heavy atom. The van der Waals surface area contributed by atoms with Crippen molar-refractivity contribution in [1.82, 2.24) is 14.8 Å². The molecular formula is C13H24N4. The van der Waals surface area contributed by atoms with Gasteiger partial charge in [-0.05, 0) is 32.1 Å². The van der Waals surface area contributed by atoms with Crippen LogP contribution in [0, 0.1) is 12.8 Å². The number of hydrogen-bond donors (Lipinski definition) is 1. The molecule has 0 amide bonds. The Labute approximate surface area is 104 Å². The molecule has 17 heavy (non-hydrogen) atoms. The lowest BCUT2D eigenvalue weighted by molar-refractivity contribution is 0.432. The molecule has 1 aliphatic rings. The molecule has 1 saturated carbocycles. The highest BCUT2D eigenvalue weighted by Crippen LogP contribution is 2.32. The van der Waals surface area contributed by atoms with Gasteiger partial charge < -0.3 is 10.3 Å². The molecule has 0 saturated heterocycles. The molecule has 0 aromatic carbocycles. The number of rotatable bonds is 4. The van der Waals surface area contributed by atoms with Gasteiger partial charge in [0.1, 0.15) is 11.6 Å². The molecule has 1 atom stereocenters. The van der Waals surface area contributed by atoms with Crippen molar-refractivity contribution in [3.05, 3.63) is 11.6 Å². The largest absolute Gasteiger partial charge is 0.321 e. The normalized spacial score (nSPS) is 19.1. The van der Waals surface area contributed by atoms with Crippen molar-refractivity contribution >= 4 is 0 Å². The molecule has 96 valence electrons. The van der Waals surface area contributed by atoms with Crippen LogP contribution < -0.4 is 5.73 Å². The van der Waals surface area contributed by atoms with Gasteiger partial charge in [-0.15, -0.1) is 10.2 Å². The smallest absolute Gasteiger partial charge is 0.150 e. The second kappa shape index (κ2) is 5.17.